The summed E-state index contributed by atoms with van der Waals surface area (Å²) < 4.78 is 53.9. The number of aryl methyl sites for hydroxylation is 1. The lowest BCUT2D eigenvalue weighted by molar-refractivity contribution is -0.137. The van der Waals surface area contributed by atoms with Crippen molar-refractivity contribution in [1.82, 2.24) is 9.80 Å². The van der Waals surface area contributed by atoms with Gasteiger partial charge < -0.3 is 10.0 Å². The van der Waals surface area contributed by atoms with Gasteiger partial charge in [-0.25, -0.2) is 4.39 Å². The minimum atomic E-state index is -4.47. The summed E-state index contributed by atoms with van der Waals surface area (Å²) >= 11 is 0. The Morgan fingerprint density at radius 1 is 0.914 bits per heavy atom. The van der Waals surface area contributed by atoms with Crippen molar-refractivity contribution in [3.05, 3.63) is 107 Å². The van der Waals surface area contributed by atoms with Crippen LogP contribution in [0.25, 0.3) is 0 Å². The maximum absolute atomic E-state index is 14.2. The van der Waals surface area contributed by atoms with E-state index in [0.717, 1.165) is 17.7 Å². The molecule has 0 aromatic heterocycles. The largest absolute Gasteiger partial charge is 0.416 e. The van der Waals surface area contributed by atoms with Crippen LogP contribution in [-0.4, -0.2) is 46.2 Å². The van der Waals surface area contributed by atoms with Gasteiger partial charge in [0.15, 0.2) is 0 Å². The molecule has 0 bridgehead atoms. The molecule has 0 saturated carbocycles. The smallest absolute Gasteiger partial charge is 0.376 e. The van der Waals surface area contributed by atoms with Crippen LogP contribution < -0.4 is 0 Å². The summed E-state index contributed by atoms with van der Waals surface area (Å²) in [5, 5.41) is 11.0. The lowest BCUT2D eigenvalue weighted by Gasteiger charge is -2.45. The second kappa shape index (κ2) is 10.6. The van der Waals surface area contributed by atoms with Gasteiger partial charge in [-0.1, -0.05) is 60.7 Å². The zero-order valence-corrected chi connectivity index (χ0v) is 19.0. The number of benzene rings is 3. The lowest BCUT2D eigenvalue weighted by atomic mass is 9.99. The van der Waals surface area contributed by atoms with E-state index in [1.54, 1.807) is 17.0 Å². The van der Waals surface area contributed by atoms with Crippen LogP contribution in [0.1, 0.15) is 33.5 Å². The topological polar surface area (TPSA) is 43.8 Å². The molecule has 4 rings (SSSR count). The third kappa shape index (κ3) is 6.07. The molecule has 1 aliphatic heterocycles. The molecule has 2 atom stereocenters. The standard InChI is InChI=1S/C27H26F4N2O2/c28-24-12-5-4-11-23(24)26(35)32-17-22(14-13-19-7-2-1-3-8-19)33(25(34)18-32)16-20-9-6-10-21(15-20)27(29,30)31/h1-12,15,22,25,34H,13-14,16-18H2/t22-,25?/m0/s1. The number of halogens is 4. The van der Waals surface area contributed by atoms with Crippen LogP contribution in [0.3, 0.4) is 0 Å². The molecule has 0 aliphatic carbocycles. The van der Waals surface area contributed by atoms with Crippen LogP contribution in [0.4, 0.5) is 17.6 Å². The monoisotopic (exact) mass is 486 g/mol. The number of piperazine rings is 1. The molecule has 1 saturated heterocycles. The molecule has 1 heterocycles. The Balaban J connectivity index is 1.57. The van der Waals surface area contributed by atoms with Crippen molar-refractivity contribution in [2.24, 2.45) is 0 Å². The van der Waals surface area contributed by atoms with Gasteiger partial charge in [-0.3, -0.25) is 9.69 Å². The van der Waals surface area contributed by atoms with Crippen molar-refractivity contribution in [2.75, 3.05) is 13.1 Å². The summed E-state index contributed by atoms with van der Waals surface area (Å²) in [6.45, 7) is 0.232. The maximum atomic E-state index is 14.2. The molecule has 3 aromatic carbocycles. The molecular weight excluding hydrogens is 460 g/mol. The van der Waals surface area contributed by atoms with Crippen LogP contribution >= 0.6 is 0 Å². The minimum Gasteiger partial charge on any atom is -0.376 e. The Labute approximate surface area is 201 Å². The summed E-state index contributed by atoms with van der Waals surface area (Å²) in [5.41, 5.74) is 0.655. The minimum absolute atomic E-state index is 0.0754. The van der Waals surface area contributed by atoms with E-state index in [0.29, 0.717) is 18.4 Å². The Morgan fingerprint density at radius 2 is 1.60 bits per heavy atom. The molecule has 3 aromatic rings. The molecule has 0 radical (unpaired) electrons. The van der Waals surface area contributed by atoms with Gasteiger partial charge in [0, 0.05) is 19.1 Å². The lowest BCUT2D eigenvalue weighted by Crippen LogP contribution is -2.59. The average molecular weight is 487 g/mol. The van der Waals surface area contributed by atoms with E-state index in [2.05, 4.69) is 0 Å². The van der Waals surface area contributed by atoms with Crippen LogP contribution in [0.15, 0.2) is 78.9 Å². The third-order valence-corrected chi connectivity index (χ3v) is 6.29. The third-order valence-electron chi connectivity index (χ3n) is 6.29. The highest BCUT2D eigenvalue weighted by molar-refractivity contribution is 5.94. The van der Waals surface area contributed by atoms with Gasteiger partial charge >= 0.3 is 6.18 Å². The molecule has 8 heteroatoms. The molecule has 1 unspecified atom stereocenters. The van der Waals surface area contributed by atoms with Gasteiger partial charge in [-0.15, -0.1) is 0 Å². The SMILES string of the molecule is O=C(c1ccccc1F)N1CC(O)N(Cc2cccc(C(F)(F)F)c2)[C@@H](CCc2ccccc2)C1. The number of β-amino-alcohol motifs (C(OH)–C–C–N with tert-alkyl or cyclic N) is 1. The Morgan fingerprint density at radius 3 is 2.31 bits per heavy atom. The van der Waals surface area contributed by atoms with E-state index in [1.807, 2.05) is 30.3 Å². The molecule has 1 fully saturated rings. The van der Waals surface area contributed by atoms with Crippen molar-refractivity contribution in [1.29, 1.82) is 0 Å². The molecule has 1 N–H and O–H groups in total. The fraction of sp³-hybridized carbons (Fsp3) is 0.296. The van der Waals surface area contributed by atoms with Crippen molar-refractivity contribution in [3.8, 4) is 0 Å². The first kappa shape index (κ1) is 24.9. The van der Waals surface area contributed by atoms with E-state index in [9.17, 15) is 27.5 Å². The zero-order valence-electron chi connectivity index (χ0n) is 19.0. The summed E-state index contributed by atoms with van der Waals surface area (Å²) in [6, 6.07) is 20.0. The zero-order chi connectivity index (χ0) is 25.0. The van der Waals surface area contributed by atoms with Gasteiger partial charge in [-0.05, 0) is 42.2 Å². The summed E-state index contributed by atoms with van der Waals surface area (Å²) in [7, 11) is 0. The van der Waals surface area contributed by atoms with E-state index >= 15 is 0 Å². The number of rotatable bonds is 6. The highest BCUT2D eigenvalue weighted by Crippen LogP contribution is 2.31. The molecule has 0 spiro atoms. The normalized spacial score (nSPS) is 19.1. The molecular formula is C27H26F4N2O2. The maximum Gasteiger partial charge on any atom is 0.416 e. The number of amides is 1. The molecule has 184 valence electrons. The number of aliphatic hydroxyl groups is 1. The highest BCUT2D eigenvalue weighted by Gasteiger charge is 2.37. The Bertz CT molecular complexity index is 1150. The average Bonchev–Trinajstić information content (AvgIpc) is 2.84. The summed E-state index contributed by atoms with van der Waals surface area (Å²) in [5.74, 6) is -1.16. The first-order valence-electron chi connectivity index (χ1n) is 11.4. The molecule has 1 amide bonds. The molecule has 4 nitrogen and oxygen atoms in total. The van der Waals surface area contributed by atoms with Crippen molar-refractivity contribution < 1.29 is 27.5 Å². The predicted octanol–water partition coefficient (Wildman–Crippen LogP) is 5.12. The number of carbonyl (C=O) groups excluding carboxylic acids is 1. The molecule has 35 heavy (non-hydrogen) atoms. The van der Waals surface area contributed by atoms with Crippen molar-refractivity contribution in [3.63, 3.8) is 0 Å². The number of hydrogen-bond donors (Lipinski definition) is 1. The van der Waals surface area contributed by atoms with E-state index in [1.165, 1.54) is 29.2 Å². The van der Waals surface area contributed by atoms with Gasteiger partial charge in [0.2, 0.25) is 0 Å². The molecule has 1 aliphatic rings. The van der Waals surface area contributed by atoms with Crippen LogP contribution in [0.2, 0.25) is 0 Å². The Hall–Kier alpha value is -3.23. The van der Waals surface area contributed by atoms with Crippen LogP contribution in [0, 0.1) is 5.82 Å². The second-order valence-electron chi connectivity index (χ2n) is 8.72. The van der Waals surface area contributed by atoms with Gasteiger partial charge in [0.25, 0.3) is 5.91 Å². The van der Waals surface area contributed by atoms with Gasteiger partial charge in [0.05, 0.1) is 17.7 Å². The second-order valence-corrected chi connectivity index (χ2v) is 8.72. The highest BCUT2D eigenvalue weighted by atomic mass is 19.4. The quantitative estimate of drug-likeness (QED) is 0.492. The first-order chi connectivity index (χ1) is 16.7. The number of alkyl halides is 3. The van der Waals surface area contributed by atoms with Crippen LogP contribution in [-0.2, 0) is 19.1 Å². The number of aliphatic hydroxyl groups excluding tert-OH is 1. The summed E-state index contributed by atoms with van der Waals surface area (Å²) in [4.78, 5) is 16.2. The van der Waals surface area contributed by atoms with Crippen LogP contribution in [0.5, 0.6) is 0 Å². The van der Waals surface area contributed by atoms with Crippen molar-refractivity contribution >= 4 is 5.91 Å². The summed E-state index contributed by atoms with van der Waals surface area (Å²) in [6.07, 6.45) is -4.37. The van der Waals surface area contributed by atoms with Gasteiger partial charge in [0.1, 0.15) is 12.0 Å². The van der Waals surface area contributed by atoms with E-state index < -0.39 is 29.7 Å². The van der Waals surface area contributed by atoms with Gasteiger partial charge in [-0.2, -0.15) is 13.2 Å². The van der Waals surface area contributed by atoms with E-state index in [4.69, 9.17) is 0 Å². The number of carbonyl (C=O) groups is 1. The van der Waals surface area contributed by atoms with E-state index in [-0.39, 0.29) is 31.2 Å². The fourth-order valence-corrected chi connectivity index (χ4v) is 4.48. The first-order valence-corrected chi connectivity index (χ1v) is 11.4. The number of nitrogens with zero attached hydrogens (tertiary/aromatic N) is 2. The number of hydrogen-bond acceptors (Lipinski definition) is 3. The fourth-order valence-electron chi connectivity index (χ4n) is 4.48. The Kier molecular flexibility index (Phi) is 7.52. The predicted molar refractivity (Wildman–Crippen MR) is 124 cm³/mol. The van der Waals surface area contributed by atoms with Crippen molar-refractivity contribution in [2.45, 2.75) is 37.8 Å².